The van der Waals surface area contributed by atoms with E-state index in [1.165, 1.54) is 12.0 Å². The molecule has 0 bridgehead atoms. The van der Waals surface area contributed by atoms with Crippen LogP contribution in [-0.4, -0.2) is 29.0 Å². The van der Waals surface area contributed by atoms with Crippen molar-refractivity contribution in [1.82, 2.24) is 4.90 Å². The first-order chi connectivity index (χ1) is 16.0. The Hall–Kier alpha value is -2.13. The van der Waals surface area contributed by atoms with Crippen LogP contribution in [-0.2, 0) is 16.8 Å². The molecule has 2 aromatic rings. The lowest BCUT2D eigenvalue weighted by atomic mass is 9.77. The first-order valence-corrected chi connectivity index (χ1v) is 13.1. The van der Waals surface area contributed by atoms with E-state index in [-0.39, 0.29) is 11.8 Å². The van der Waals surface area contributed by atoms with Crippen molar-refractivity contribution in [3.05, 3.63) is 71.8 Å². The number of piperidine rings is 1. The van der Waals surface area contributed by atoms with Gasteiger partial charge < -0.3 is 10.0 Å². The summed E-state index contributed by atoms with van der Waals surface area (Å²) in [6.45, 7) is 6.21. The molecule has 0 spiro atoms. The SMILES string of the molecule is CC(C)C(Cc1ccccc1)CC1CCN(C(=O)C(O)(c2ccccc2)C2CCCC2)CC1. The second kappa shape index (κ2) is 10.9. The van der Waals surface area contributed by atoms with Crippen molar-refractivity contribution in [3.8, 4) is 0 Å². The lowest BCUT2D eigenvalue weighted by molar-refractivity contribution is -0.161. The lowest BCUT2D eigenvalue weighted by Crippen LogP contribution is -2.53. The van der Waals surface area contributed by atoms with E-state index in [1.807, 2.05) is 35.2 Å². The number of nitrogens with zero attached hydrogens (tertiary/aromatic N) is 1. The van der Waals surface area contributed by atoms with E-state index in [4.69, 9.17) is 0 Å². The van der Waals surface area contributed by atoms with E-state index < -0.39 is 5.60 Å². The van der Waals surface area contributed by atoms with Crippen molar-refractivity contribution < 1.29 is 9.90 Å². The number of amides is 1. The third-order valence-electron chi connectivity index (χ3n) is 8.31. The van der Waals surface area contributed by atoms with Crippen LogP contribution in [0.2, 0.25) is 0 Å². The van der Waals surface area contributed by atoms with Gasteiger partial charge in [0.2, 0.25) is 0 Å². The summed E-state index contributed by atoms with van der Waals surface area (Å²) in [6, 6.07) is 20.5. The van der Waals surface area contributed by atoms with Crippen molar-refractivity contribution in [2.75, 3.05) is 13.1 Å². The van der Waals surface area contributed by atoms with Crippen LogP contribution < -0.4 is 0 Å². The van der Waals surface area contributed by atoms with Gasteiger partial charge in [0.1, 0.15) is 0 Å². The molecule has 1 saturated heterocycles. The van der Waals surface area contributed by atoms with Gasteiger partial charge in [-0.1, -0.05) is 87.4 Å². The zero-order valence-electron chi connectivity index (χ0n) is 20.5. The summed E-state index contributed by atoms with van der Waals surface area (Å²) in [5.41, 5.74) is 0.818. The Morgan fingerprint density at radius 2 is 1.52 bits per heavy atom. The van der Waals surface area contributed by atoms with Crippen LogP contribution in [0.5, 0.6) is 0 Å². The van der Waals surface area contributed by atoms with Crippen LogP contribution in [0.25, 0.3) is 0 Å². The Bertz CT molecular complexity index is 867. The molecule has 0 radical (unpaired) electrons. The molecule has 0 aromatic heterocycles. The van der Waals surface area contributed by atoms with E-state index in [2.05, 4.69) is 44.2 Å². The molecule has 1 aliphatic heterocycles. The molecular formula is C30H41NO2. The van der Waals surface area contributed by atoms with Gasteiger partial charge in [0.25, 0.3) is 5.91 Å². The summed E-state index contributed by atoms with van der Waals surface area (Å²) in [5.74, 6) is 1.93. The number of carbonyl (C=O) groups excluding carboxylic acids is 1. The summed E-state index contributed by atoms with van der Waals surface area (Å²) in [6.07, 6.45) is 8.51. The van der Waals surface area contributed by atoms with Crippen molar-refractivity contribution in [1.29, 1.82) is 0 Å². The minimum absolute atomic E-state index is 0.0290. The summed E-state index contributed by atoms with van der Waals surface area (Å²) in [7, 11) is 0. The van der Waals surface area contributed by atoms with E-state index in [1.54, 1.807) is 0 Å². The van der Waals surface area contributed by atoms with Crippen LogP contribution in [0.15, 0.2) is 60.7 Å². The van der Waals surface area contributed by atoms with E-state index in [9.17, 15) is 9.90 Å². The molecule has 1 aliphatic carbocycles. The van der Waals surface area contributed by atoms with Gasteiger partial charge in [-0.05, 0) is 67.4 Å². The van der Waals surface area contributed by atoms with Crippen LogP contribution in [0.1, 0.15) is 69.9 Å². The maximum atomic E-state index is 13.8. The molecule has 178 valence electrons. The Morgan fingerprint density at radius 1 is 0.939 bits per heavy atom. The van der Waals surface area contributed by atoms with Gasteiger partial charge in [0, 0.05) is 19.0 Å². The summed E-state index contributed by atoms with van der Waals surface area (Å²) < 4.78 is 0. The fraction of sp³-hybridized carbons (Fsp3) is 0.567. The average molecular weight is 448 g/mol. The molecule has 1 saturated carbocycles. The van der Waals surface area contributed by atoms with Gasteiger partial charge >= 0.3 is 0 Å². The van der Waals surface area contributed by atoms with Crippen molar-refractivity contribution in [2.24, 2.45) is 23.7 Å². The third-order valence-corrected chi connectivity index (χ3v) is 8.31. The van der Waals surface area contributed by atoms with Gasteiger partial charge in [-0.25, -0.2) is 0 Å². The fourth-order valence-corrected chi connectivity index (χ4v) is 6.12. The summed E-state index contributed by atoms with van der Waals surface area (Å²) in [5, 5.41) is 11.9. The van der Waals surface area contributed by atoms with Gasteiger partial charge in [-0.3, -0.25) is 4.79 Å². The molecule has 2 aromatic carbocycles. The zero-order valence-corrected chi connectivity index (χ0v) is 20.5. The molecular weight excluding hydrogens is 406 g/mol. The van der Waals surface area contributed by atoms with Crippen LogP contribution >= 0.6 is 0 Å². The first-order valence-electron chi connectivity index (χ1n) is 13.1. The molecule has 3 heteroatoms. The number of aliphatic hydroxyl groups is 1. The van der Waals surface area contributed by atoms with Gasteiger partial charge in [-0.2, -0.15) is 0 Å². The smallest absolute Gasteiger partial charge is 0.259 e. The summed E-state index contributed by atoms with van der Waals surface area (Å²) in [4.78, 5) is 15.7. The molecule has 1 N–H and O–H groups in total. The Morgan fingerprint density at radius 3 is 2.09 bits per heavy atom. The van der Waals surface area contributed by atoms with Crippen molar-refractivity contribution in [2.45, 2.75) is 70.8 Å². The van der Waals surface area contributed by atoms with Gasteiger partial charge in [0.05, 0.1) is 0 Å². The van der Waals surface area contributed by atoms with E-state index >= 15 is 0 Å². The van der Waals surface area contributed by atoms with Crippen molar-refractivity contribution >= 4 is 5.91 Å². The predicted molar refractivity (Wildman–Crippen MR) is 135 cm³/mol. The van der Waals surface area contributed by atoms with Gasteiger partial charge in [0.15, 0.2) is 5.60 Å². The Labute approximate surface area is 200 Å². The monoisotopic (exact) mass is 447 g/mol. The zero-order chi connectivity index (χ0) is 23.3. The second-order valence-electron chi connectivity index (χ2n) is 10.8. The topological polar surface area (TPSA) is 40.5 Å². The molecule has 2 atom stereocenters. The molecule has 33 heavy (non-hydrogen) atoms. The quantitative estimate of drug-likeness (QED) is 0.523. The molecule has 2 fully saturated rings. The highest BCUT2D eigenvalue weighted by Gasteiger charge is 2.48. The minimum atomic E-state index is -1.38. The largest absolute Gasteiger partial charge is 0.375 e. The lowest BCUT2D eigenvalue weighted by Gasteiger charge is -2.41. The van der Waals surface area contributed by atoms with Crippen molar-refractivity contribution in [3.63, 3.8) is 0 Å². The molecule has 4 rings (SSSR count). The molecule has 2 aliphatic rings. The van der Waals surface area contributed by atoms with E-state index in [0.717, 1.165) is 63.6 Å². The molecule has 1 heterocycles. The minimum Gasteiger partial charge on any atom is -0.375 e. The average Bonchev–Trinajstić information content (AvgIpc) is 3.40. The number of hydrogen-bond donors (Lipinski definition) is 1. The fourth-order valence-electron chi connectivity index (χ4n) is 6.12. The highest BCUT2D eigenvalue weighted by Crippen LogP contribution is 2.42. The third kappa shape index (κ3) is 5.51. The van der Waals surface area contributed by atoms with Crippen LogP contribution in [0.4, 0.5) is 0 Å². The predicted octanol–water partition coefficient (Wildman–Crippen LogP) is 6.21. The molecule has 2 unspecified atom stereocenters. The summed E-state index contributed by atoms with van der Waals surface area (Å²) >= 11 is 0. The van der Waals surface area contributed by atoms with Gasteiger partial charge in [-0.15, -0.1) is 0 Å². The van der Waals surface area contributed by atoms with Crippen LogP contribution in [0.3, 0.4) is 0 Å². The standard InChI is InChI=1S/C30H41NO2/c1-23(2)26(21-24-11-5-3-6-12-24)22-25-17-19-31(20-18-25)29(32)30(33,28-15-9-10-16-28)27-13-7-4-8-14-27/h3-8,11-14,23,25-26,28,33H,9-10,15-22H2,1-2H3. The number of hydrogen-bond acceptors (Lipinski definition) is 2. The number of carbonyl (C=O) groups is 1. The maximum absolute atomic E-state index is 13.8. The molecule has 1 amide bonds. The van der Waals surface area contributed by atoms with Crippen LogP contribution in [0, 0.1) is 23.7 Å². The van der Waals surface area contributed by atoms with E-state index in [0.29, 0.717) is 17.8 Å². The first kappa shape index (κ1) is 24.0. The highest BCUT2D eigenvalue weighted by molar-refractivity contribution is 5.87. The molecule has 3 nitrogen and oxygen atoms in total. The number of likely N-dealkylation sites (tertiary alicyclic amines) is 1. The maximum Gasteiger partial charge on any atom is 0.259 e. The highest BCUT2D eigenvalue weighted by atomic mass is 16.3. The number of benzene rings is 2. The Kier molecular flexibility index (Phi) is 7.90. The second-order valence-corrected chi connectivity index (χ2v) is 10.8. The Balaban J connectivity index is 1.40. The normalized spacial score (nSPS) is 20.7. The number of rotatable bonds is 8.